The lowest BCUT2D eigenvalue weighted by Crippen LogP contribution is -2.55. The molecule has 0 bridgehead atoms. The van der Waals surface area contributed by atoms with Gasteiger partial charge in [0.2, 0.25) is 15.9 Å². The number of carbonyl (C=O) groups excluding carboxylic acids is 1. The molecule has 2 fully saturated rings. The van der Waals surface area contributed by atoms with Gasteiger partial charge in [-0.1, -0.05) is 0 Å². The van der Waals surface area contributed by atoms with E-state index in [-0.39, 0.29) is 11.3 Å². The summed E-state index contributed by atoms with van der Waals surface area (Å²) in [5.41, 5.74) is 1.11. The molecule has 3 heterocycles. The van der Waals surface area contributed by atoms with Gasteiger partial charge in [-0.15, -0.1) is 0 Å². The van der Waals surface area contributed by atoms with E-state index in [1.165, 1.54) is 0 Å². The molecule has 1 spiro atoms. The van der Waals surface area contributed by atoms with Crippen molar-refractivity contribution in [1.82, 2.24) is 19.0 Å². The fourth-order valence-electron chi connectivity index (χ4n) is 4.35. The first kappa shape index (κ1) is 18.4. The zero-order valence-corrected chi connectivity index (χ0v) is 16.4. The summed E-state index contributed by atoms with van der Waals surface area (Å²) in [6, 6.07) is 0. The maximum absolute atomic E-state index is 13.3. The fraction of sp³-hybridized carbons (Fsp3) is 0.765. The van der Waals surface area contributed by atoms with Crippen LogP contribution in [-0.4, -0.2) is 59.5 Å². The maximum atomic E-state index is 13.3. The third kappa shape index (κ3) is 3.10. The highest BCUT2D eigenvalue weighted by Gasteiger charge is 2.45. The molecule has 0 radical (unpaired) electrons. The Morgan fingerprint density at radius 2 is 1.92 bits per heavy atom. The van der Waals surface area contributed by atoms with Crippen LogP contribution in [0.4, 0.5) is 0 Å². The lowest BCUT2D eigenvalue weighted by atomic mass is 9.74. The van der Waals surface area contributed by atoms with Crippen molar-refractivity contribution < 1.29 is 13.2 Å². The second-order valence-electron chi connectivity index (χ2n) is 7.47. The van der Waals surface area contributed by atoms with Crippen LogP contribution in [0.2, 0.25) is 0 Å². The van der Waals surface area contributed by atoms with Gasteiger partial charge in [-0.2, -0.15) is 9.40 Å². The Bertz CT molecular complexity index is 786. The van der Waals surface area contributed by atoms with Gasteiger partial charge in [-0.05, 0) is 40.0 Å². The largest absolute Gasteiger partial charge is 0.342 e. The Kier molecular flexibility index (Phi) is 4.70. The van der Waals surface area contributed by atoms with E-state index >= 15 is 0 Å². The standard InChI is InChI=1S/C17H28N4O3S/c1-5-20-11-17(9-7-15(20)22)8-6-10-21(12-17)25(23,24)16-13(2)18-19(4)14(16)3/h5-12H2,1-4H3. The molecule has 3 rings (SSSR count). The van der Waals surface area contributed by atoms with Gasteiger partial charge in [-0.3, -0.25) is 9.48 Å². The number of likely N-dealkylation sites (tertiary alicyclic amines) is 1. The smallest absolute Gasteiger partial charge is 0.246 e. The van der Waals surface area contributed by atoms with Crippen LogP contribution < -0.4 is 0 Å². The Balaban J connectivity index is 1.89. The molecule has 2 saturated heterocycles. The number of aromatic nitrogens is 2. The van der Waals surface area contributed by atoms with Gasteiger partial charge in [0.1, 0.15) is 4.90 Å². The number of amides is 1. The number of sulfonamides is 1. The van der Waals surface area contributed by atoms with E-state index in [2.05, 4.69) is 5.10 Å². The summed E-state index contributed by atoms with van der Waals surface area (Å²) in [4.78, 5) is 14.2. The molecule has 7 nitrogen and oxygen atoms in total. The number of hydrogen-bond acceptors (Lipinski definition) is 4. The fourth-order valence-corrected chi connectivity index (χ4v) is 6.34. The highest BCUT2D eigenvalue weighted by molar-refractivity contribution is 7.89. The number of piperidine rings is 2. The lowest BCUT2D eigenvalue weighted by molar-refractivity contribution is -0.138. The number of carbonyl (C=O) groups is 1. The minimum atomic E-state index is -3.57. The predicted molar refractivity (Wildman–Crippen MR) is 94.6 cm³/mol. The monoisotopic (exact) mass is 368 g/mol. The topological polar surface area (TPSA) is 75.5 Å². The zero-order valence-electron chi connectivity index (χ0n) is 15.6. The zero-order chi connectivity index (χ0) is 18.4. The van der Waals surface area contributed by atoms with E-state index in [4.69, 9.17) is 0 Å². The summed E-state index contributed by atoms with van der Waals surface area (Å²) in [5.74, 6) is 0.187. The second kappa shape index (κ2) is 6.39. The molecule has 0 aromatic carbocycles. The van der Waals surface area contributed by atoms with Gasteiger partial charge in [0.15, 0.2) is 0 Å². The Hall–Kier alpha value is -1.41. The van der Waals surface area contributed by atoms with Crippen LogP contribution in [0.5, 0.6) is 0 Å². The molecule has 0 aliphatic carbocycles. The molecule has 140 valence electrons. The molecule has 1 amide bonds. The molecular formula is C17H28N4O3S. The molecule has 25 heavy (non-hydrogen) atoms. The minimum absolute atomic E-state index is 0.112. The summed E-state index contributed by atoms with van der Waals surface area (Å²) < 4.78 is 29.8. The third-order valence-corrected chi connectivity index (χ3v) is 7.90. The van der Waals surface area contributed by atoms with Gasteiger partial charge in [0.25, 0.3) is 0 Å². The summed E-state index contributed by atoms with van der Waals surface area (Å²) in [5, 5.41) is 4.27. The quantitative estimate of drug-likeness (QED) is 0.809. The van der Waals surface area contributed by atoms with E-state index in [0.717, 1.165) is 19.3 Å². The van der Waals surface area contributed by atoms with Crippen molar-refractivity contribution in [1.29, 1.82) is 0 Å². The van der Waals surface area contributed by atoms with Gasteiger partial charge in [0.05, 0.1) is 11.4 Å². The molecule has 1 unspecified atom stereocenters. The molecule has 0 saturated carbocycles. The van der Waals surface area contributed by atoms with Crippen LogP contribution in [0.3, 0.4) is 0 Å². The van der Waals surface area contributed by atoms with Crippen LogP contribution in [0.25, 0.3) is 0 Å². The summed E-state index contributed by atoms with van der Waals surface area (Å²) in [7, 11) is -1.80. The van der Waals surface area contributed by atoms with Crippen LogP contribution in [0.15, 0.2) is 4.90 Å². The van der Waals surface area contributed by atoms with Crippen molar-refractivity contribution in [3.8, 4) is 0 Å². The number of nitrogens with zero attached hydrogens (tertiary/aromatic N) is 4. The highest BCUT2D eigenvalue weighted by Crippen LogP contribution is 2.40. The average molecular weight is 369 g/mol. The van der Waals surface area contributed by atoms with Gasteiger partial charge in [-0.25, -0.2) is 8.42 Å². The van der Waals surface area contributed by atoms with Crippen molar-refractivity contribution in [2.24, 2.45) is 12.5 Å². The average Bonchev–Trinajstić information content (AvgIpc) is 2.83. The van der Waals surface area contributed by atoms with E-state index in [1.807, 2.05) is 11.8 Å². The lowest BCUT2D eigenvalue weighted by Gasteiger charge is -2.47. The Morgan fingerprint density at radius 1 is 1.20 bits per heavy atom. The van der Waals surface area contributed by atoms with Crippen LogP contribution >= 0.6 is 0 Å². The number of rotatable bonds is 3. The van der Waals surface area contributed by atoms with E-state index < -0.39 is 10.0 Å². The van der Waals surface area contributed by atoms with Crippen LogP contribution in [0.1, 0.15) is 44.0 Å². The summed E-state index contributed by atoms with van der Waals surface area (Å²) in [6.07, 6.45) is 3.11. The Labute approximate surface area is 150 Å². The van der Waals surface area contributed by atoms with Crippen molar-refractivity contribution in [3.05, 3.63) is 11.4 Å². The molecule has 2 aliphatic rings. The first-order chi connectivity index (χ1) is 11.7. The summed E-state index contributed by atoms with van der Waals surface area (Å²) in [6.45, 7) is 7.91. The number of hydrogen-bond donors (Lipinski definition) is 0. The Morgan fingerprint density at radius 3 is 2.52 bits per heavy atom. The van der Waals surface area contributed by atoms with Crippen LogP contribution in [0, 0.1) is 19.3 Å². The van der Waals surface area contributed by atoms with Gasteiger partial charge in [0, 0.05) is 45.1 Å². The third-order valence-electron chi connectivity index (χ3n) is 5.80. The molecule has 1 aromatic rings. The first-order valence-corrected chi connectivity index (χ1v) is 10.4. The van der Waals surface area contributed by atoms with Gasteiger partial charge >= 0.3 is 0 Å². The predicted octanol–water partition coefficient (Wildman–Crippen LogP) is 1.45. The molecule has 1 atom stereocenters. The molecule has 8 heteroatoms. The highest BCUT2D eigenvalue weighted by atomic mass is 32.2. The van der Waals surface area contributed by atoms with Gasteiger partial charge < -0.3 is 4.90 Å². The van der Waals surface area contributed by atoms with Crippen molar-refractivity contribution in [2.75, 3.05) is 26.2 Å². The van der Waals surface area contributed by atoms with Crippen molar-refractivity contribution in [2.45, 2.75) is 51.3 Å². The maximum Gasteiger partial charge on any atom is 0.246 e. The molecular weight excluding hydrogens is 340 g/mol. The van der Waals surface area contributed by atoms with Crippen molar-refractivity contribution >= 4 is 15.9 Å². The van der Waals surface area contributed by atoms with E-state index in [1.54, 1.807) is 29.9 Å². The van der Waals surface area contributed by atoms with E-state index in [9.17, 15) is 13.2 Å². The van der Waals surface area contributed by atoms with Crippen molar-refractivity contribution in [3.63, 3.8) is 0 Å². The normalized spacial score (nSPS) is 25.8. The number of aryl methyl sites for hydroxylation is 2. The van der Waals surface area contributed by atoms with E-state index in [0.29, 0.717) is 48.9 Å². The minimum Gasteiger partial charge on any atom is -0.342 e. The first-order valence-electron chi connectivity index (χ1n) is 8.98. The molecule has 0 N–H and O–H groups in total. The van der Waals surface area contributed by atoms with Crippen LogP contribution in [-0.2, 0) is 21.9 Å². The SMILES string of the molecule is CCN1CC2(CCCN(S(=O)(=O)c3c(C)nn(C)c3C)C2)CCC1=O. The summed E-state index contributed by atoms with van der Waals surface area (Å²) >= 11 is 0. The molecule has 2 aliphatic heterocycles. The second-order valence-corrected chi connectivity index (χ2v) is 9.35. The molecule has 1 aromatic heterocycles.